The molecule has 3 N–H and O–H groups in total. The van der Waals surface area contributed by atoms with Crippen LogP contribution >= 0.6 is 0 Å². The van der Waals surface area contributed by atoms with Crippen LogP contribution in [-0.2, 0) is 10.0 Å². The average Bonchev–Trinajstić information content (AvgIpc) is 3.18. The molecule has 1 aromatic carbocycles. The molecular formula is C14H20N2O3S. The molecule has 0 saturated heterocycles. The molecule has 0 unspecified atom stereocenters. The van der Waals surface area contributed by atoms with E-state index in [9.17, 15) is 13.5 Å². The van der Waals surface area contributed by atoms with E-state index in [1.165, 1.54) is 0 Å². The third-order valence-corrected chi connectivity index (χ3v) is 5.62. The lowest BCUT2D eigenvalue weighted by atomic mass is 9.77. The van der Waals surface area contributed by atoms with E-state index in [2.05, 4.69) is 10.0 Å². The highest BCUT2D eigenvalue weighted by Gasteiger charge is 2.36. The van der Waals surface area contributed by atoms with Crippen molar-refractivity contribution in [3.8, 4) is 0 Å². The standard InChI is InChI=1S/C14H20N2O3S/c17-10-14(8-1-9-14)15-11-4-6-13(7-5-11)20(18,19)16-12-2-3-12/h4-7,12,15-17H,1-3,8-10H2. The molecule has 0 amide bonds. The fourth-order valence-corrected chi connectivity index (χ4v) is 3.74. The zero-order valence-corrected chi connectivity index (χ0v) is 12.1. The van der Waals surface area contributed by atoms with Gasteiger partial charge in [0.2, 0.25) is 10.0 Å². The first-order valence-electron chi connectivity index (χ1n) is 7.05. The van der Waals surface area contributed by atoms with E-state index in [0.29, 0.717) is 4.90 Å². The number of aliphatic hydroxyl groups is 1. The third kappa shape index (κ3) is 2.82. The molecule has 0 radical (unpaired) electrons. The molecule has 2 aliphatic carbocycles. The van der Waals surface area contributed by atoms with E-state index < -0.39 is 10.0 Å². The van der Waals surface area contributed by atoms with Crippen LogP contribution < -0.4 is 10.0 Å². The number of benzene rings is 1. The monoisotopic (exact) mass is 296 g/mol. The van der Waals surface area contributed by atoms with E-state index in [4.69, 9.17) is 0 Å². The highest BCUT2D eigenvalue weighted by atomic mass is 32.2. The number of hydrogen-bond acceptors (Lipinski definition) is 4. The molecular weight excluding hydrogens is 276 g/mol. The van der Waals surface area contributed by atoms with Crippen molar-refractivity contribution in [3.05, 3.63) is 24.3 Å². The molecule has 0 aromatic heterocycles. The van der Waals surface area contributed by atoms with Crippen molar-refractivity contribution < 1.29 is 13.5 Å². The summed E-state index contributed by atoms with van der Waals surface area (Å²) in [6.45, 7) is 0.107. The van der Waals surface area contributed by atoms with Crippen molar-refractivity contribution in [1.82, 2.24) is 4.72 Å². The third-order valence-electron chi connectivity index (χ3n) is 4.09. The van der Waals surface area contributed by atoms with Crippen LogP contribution in [0.5, 0.6) is 0 Å². The Morgan fingerprint density at radius 2 is 1.85 bits per heavy atom. The molecule has 110 valence electrons. The van der Waals surface area contributed by atoms with Crippen molar-refractivity contribution in [2.75, 3.05) is 11.9 Å². The Morgan fingerprint density at radius 1 is 1.20 bits per heavy atom. The molecule has 0 heterocycles. The van der Waals surface area contributed by atoms with Crippen molar-refractivity contribution in [2.45, 2.75) is 48.6 Å². The molecule has 2 saturated carbocycles. The Morgan fingerprint density at radius 3 is 2.30 bits per heavy atom. The van der Waals surface area contributed by atoms with Crippen LogP contribution in [0.25, 0.3) is 0 Å². The fourth-order valence-electron chi connectivity index (χ4n) is 2.44. The van der Waals surface area contributed by atoms with Crippen LogP contribution in [0.1, 0.15) is 32.1 Å². The van der Waals surface area contributed by atoms with Crippen LogP contribution in [0.3, 0.4) is 0 Å². The zero-order valence-electron chi connectivity index (χ0n) is 11.3. The van der Waals surface area contributed by atoms with E-state index in [1.54, 1.807) is 24.3 Å². The van der Waals surface area contributed by atoms with Crippen molar-refractivity contribution in [1.29, 1.82) is 0 Å². The Labute approximate surface area is 119 Å². The minimum absolute atomic E-state index is 0.107. The Hall–Kier alpha value is -1.11. The summed E-state index contributed by atoms with van der Waals surface area (Å²) in [5, 5.41) is 12.7. The number of sulfonamides is 1. The van der Waals surface area contributed by atoms with Gasteiger partial charge in [-0.1, -0.05) is 0 Å². The van der Waals surface area contributed by atoms with Gasteiger partial charge in [-0.2, -0.15) is 0 Å². The lowest BCUT2D eigenvalue weighted by molar-refractivity contribution is 0.144. The van der Waals surface area contributed by atoms with Gasteiger partial charge >= 0.3 is 0 Å². The van der Waals surface area contributed by atoms with E-state index in [-0.39, 0.29) is 18.2 Å². The molecule has 2 aliphatic rings. The smallest absolute Gasteiger partial charge is 0.240 e. The average molecular weight is 296 g/mol. The number of rotatable bonds is 6. The highest BCUT2D eigenvalue weighted by molar-refractivity contribution is 7.89. The first-order chi connectivity index (χ1) is 9.53. The zero-order chi connectivity index (χ0) is 14.2. The molecule has 2 fully saturated rings. The lowest BCUT2D eigenvalue weighted by Gasteiger charge is -2.41. The summed E-state index contributed by atoms with van der Waals surface area (Å²) in [6.07, 6.45) is 4.88. The normalized spacial score (nSPS) is 21.2. The van der Waals surface area contributed by atoms with Gasteiger partial charge in [-0.15, -0.1) is 0 Å². The van der Waals surface area contributed by atoms with E-state index in [1.807, 2.05) is 0 Å². The van der Waals surface area contributed by atoms with Crippen molar-refractivity contribution in [2.24, 2.45) is 0 Å². The SMILES string of the molecule is O=S(=O)(NC1CC1)c1ccc(NC2(CO)CCC2)cc1. The van der Waals surface area contributed by atoms with Gasteiger partial charge in [0, 0.05) is 11.7 Å². The number of hydrogen-bond donors (Lipinski definition) is 3. The Balaban J connectivity index is 1.70. The summed E-state index contributed by atoms with van der Waals surface area (Å²) in [6, 6.07) is 6.85. The Bertz CT molecular complexity index is 569. The summed E-state index contributed by atoms with van der Waals surface area (Å²) in [4.78, 5) is 0.293. The first-order valence-corrected chi connectivity index (χ1v) is 8.53. The first kappa shape index (κ1) is 13.9. The minimum Gasteiger partial charge on any atom is -0.394 e. The summed E-state index contributed by atoms with van der Waals surface area (Å²) in [7, 11) is -3.38. The van der Waals surface area contributed by atoms with E-state index >= 15 is 0 Å². The second-order valence-electron chi connectivity index (χ2n) is 5.84. The Kier molecular flexibility index (Phi) is 3.48. The summed E-state index contributed by atoms with van der Waals surface area (Å²) >= 11 is 0. The quantitative estimate of drug-likeness (QED) is 0.742. The van der Waals surface area contributed by atoms with Crippen LogP contribution in [0.2, 0.25) is 0 Å². The number of aliphatic hydroxyl groups excluding tert-OH is 1. The van der Waals surface area contributed by atoms with Gasteiger partial charge in [0.05, 0.1) is 17.0 Å². The molecule has 1 aromatic rings. The van der Waals surface area contributed by atoms with Crippen molar-refractivity contribution in [3.63, 3.8) is 0 Å². The number of anilines is 1. The number of nitrogens with one attached hydrogen (secondary N) is 2. The largest absolute Gasteiger partial charge is 0.394 e. The molecule has 0 aliphatic heterocycles. The van der Waals surface area contributed by atoms with Crippen molar-refractivity contribution >= 4 is 15.7 Å². The van der Waals surface area contributed by atoms with Gasteiger partial charge in [0.1, 0.15) is 0 Å². The van der Waals surface area contributed by atoms with Gasteiger partial charge in [-0.3, -0.25) is 0 Å². The lowest BCUT2D eigenvalue weighted by Crippen LogP contribution is -2.48. The van der Waals surface area contributed by atoms with E-state index in [0.717, 1.165) is 37.8 Å². The fraction of sp³-hybridized carbons (Fsp3) is 0.571. The molecule has 6 heteroatoms. The molecule has 0 bridgehead atoms. The second-order valence-corrected chi connectivity index (χ2v) is 7.55. The van der Waals surface area contributed by atoms with Crippen LogP contribution in [0, 0.1) is 0 Å². The summed E-state index contributed by atoms with van der Waals surface area (Å²) < 4.78 is 26.7. The predicted molar refractivity (Wildman–Crippen MR) is 77.1 cm³/mol. The maximum atomic E-state index is 12.0. The topological polar surface area (TPSA) is 78.4 Å². The second kappa shape index (κ2) is 5.02. The molecule has 5 nitrogen and oxygen atoms in total. The van der Waals surface area contributed by atoms with Gasteiger partial charge < -0.3 is 10.4 Å². The van der Waals surface area contributed by atoms with Gasteiger partial charge in [0.25, 0.3) is 0 Å². The predicted octanol–water partition coefficient (Wildman–Crippen LogP) is 1.45. The van der Waals surface area contributed by atoms with Crippen LogP contribution in [-0.4, -0.2) is 31.7 Å². The highest BCUT2D eigenvalue weighted by Crippen LogP contribution is 2.35. The van der Waals surface area contributed by atoms with Gasteiger partial charge in [0.15, 0.2) is 0 Å². The molecule has 0 atom stereocenters. The maximum absolute atomic E-state index is 12.0. The summed E-state index contributed by atoms with van der Waals surface area (Å²) in [5.74, 6) is 0. The van der Waals surface area contributed by atoms with Gasteiger partial charge in [-0.05, 0) is 56.4 Å². The molecule has 20 heavy (non-hydrogen) atoms. The molecule has 0 spiro atoms. The van der Waals surface area contributed by atoms with Crippen LogP contribution in [0.4, 0.5) is 5.69 Å². The molecule has 3 rings (SSSR count). The summed E-state index contributed by atoms with van der Waals surface area (Å²) in [5.41, 5.74) is 0.635. The van der Waals surface area contributed by atoms with Gasteiger partial charge in [-0.25, -0.2) is 13.1 Å². The minimum atomic E-state index is -3.38. The van der Waals surface area contributed by atoms with Crippen LogP contribution in [0.15, 0.2) is 29.2 Å². The maximum Gasteiger partial charge on any atom is 0.240 e.